The summed E-state index contributed by atoms with van der Waals surface area (Å²) in [6.07, 6.45) is 5.83. The number of benzene rings is 1. The average molecular weight is 444 g/mol. The first-order valence-electron chi connectivity index (χ1n) is 11.3. The molecular formula is C24H34ClN5O. The van der Waals surface area contributed by atoms with Crippen LogP contribution in [0.4, 0.5) is 5.82 Å². The number of rotatable bonds is 11. The second-order valence-corrected chi connectivity index (χ2v) is 8.11. The van der Waals surface area contributed by atoms with Gasteiger partial charge in [-0.15, -0.1) is 0 Å². The molecule has 0 amide bonds. The zero-order valence-corrected chi connectivity index (χ0v) is 19.2. The number of unbranched alkanes of at least 4 members (excludes halogenated alkanes) is 1. The van der Waals surface area contributed by atoms with E-state index in [0.29, 0.717) is 11.1 Å². The lowest BCUT2D eigenvalue weighted by atomic mass is 10.2. The largest absolute Gasteiger partial charge is 0.381 e. The van der Waals surface area contributed by atoms with E-state index in [0.717, 1.165) is 76.9 Å². The van der Waals surface area contributed by atoms with Crippen LogP contribution in [0, 0.1) is 0 Å². The van der Waals surface area contributed by atoms with Crippen LogP contribution in [0.15, 0.2) is 53.7 Å². The predicted octanol–water partition coefficient (Wildman–Crippen LogP) is 3.91. The SMILES string of the molecule is CCNC(=NCCCCOCCc1ccccc1)NC1CCN(c2ncccc2Cl)C1. The molecule has 6 nitrogen and oxygen atoms in total. The summed E-state index contributed by atoms with van der Waals surface area (Å²) in [6, 6.07) is 14.5. The van der Waals surface area contributed by atoms with Crippen molar-refractivity contribution in [2.75, 3.05) is 44.3 Å². The Morgan fingerprint density at radius 2 is 2.06 bits per heavy atom. The fourth-order valence-corrected chi connectivity index (χ4v) is 3.88. The number of anilines is 1. The number of aliphatic imine (C=N–C) groups is 1. The van der Waals surface area contributed by atoms with Crippen LogP contribution in [0.1, 0.15) is 31.7 Å². The second kappa shape index (κ2) is 13.2. The van der Waals surface area contributed by atoms with E-state index >= 15 is 0 Å². The number of nitrogens with zero attached hydrogens (tertiary/aromatic N) is 3. The highest BCUT2D eigenvalue weighted by Gasteiger charge is 2.25. The molecule has 1 aromatic carbocycles. The van der Waals surface area contributed by atoms with Gasteiger partial charge in [0.05, 0.1) is 11.6 Å². The van der Waals surface area contributed by atoms with Crippen molar-refractivity contribution < 1.29 is 4.74 Å². The molecule has 1 unspecified atom stereocenters. The molecule has 0 aliphatic carbocycles. The van der Waals surface area contributed by atoms with E-state index in [1.165, 1.54) is 5.56 Å². The van der Waals surface area contributed by atoms with Crippen LogP contribution in [0.3, 0.4) is 0 Å². The van der Waals surface area contributed by atoms with Gasteiger partial charge in [0.25, 0.3) is 0 Å². The van der Waals surface area contributed by atoms with Gasteiger partial charge in [-0.2, -0.15) is 0 Å². The summed E-state index contributed by atoms with van der Waals surface area (Å²) in [6.45, 7) is 7.10. The van der Waals surface area contributed by atoms with E-state index in [9.17, 15) is 0 Å². The van der Waals surface area contributed by atoms with Gasteiger partial charge < -0.3 is 20.3 Å². The Morgan fingerprint density at radius 1 is 1.19 bits per heavy atom. The smallest absolute Gasteiger partial charge is 0.191 e. The Kier molecular flexibility index (Phi) is 9.93. The number of halogens is 1. The molecule has 168 valence electrons. The summed E-state index contributed by atoms with van der Waals surface area (Å²) in [4.78, 5) is 11.4. The fourth-order valence-electron chi connectivity index (χ4n) is 3.64. The van der Waals surface area contributed by atoms with E-state index in [2.05, 4.69) is 51.7 Å². The Balaban J connectivity index is 1.33. The van der Waals surface area contributed by atoms with Gasteiger partial charge in [-0.05, 0) is 50.3 Å². The lowest BCUT2D eigenvalue weighted by Gasteiger charge is -2.20. The number of aromatic nitrogens is 1. The van der Waals surface area contributed by atoms with Gasteiger partial charge in [-0.3, -0.25) is 4.99 Å². The third kappa shape index (κ3) is 8.04. The van der Waals surface area contributed by atoms with Crippen molar-refractivity contribution in [3.8, 4) is 0 Å². The Morgan fingerprint density at radius 3 is 2.87 bits per heavy atom. The first-order chi connectivity index (χ1) is 15.3. The Hall–Kier alpha value is -2.31. The molecule has 1 saturated heterocycles. The van der Waals surface area contributed by atoms with Crippen LogP contribution in [-0.2, 0) is 11.2 Å². The lowest BCUT2D eigenvalue weighted by Crippen LogP contribution is -2.44. The quantitative estimate of drug-likeness (QED) is 0.313. The van der Waals surface area contributed by atoms with Crippen molar-refractivity contribution in [3.05, 3.63) is 59.2 Å². The number of guanidine groups is 1. The van der Waals surface area contributed by atoms with E-state index in [-0.39, 0.29) is 0 Å². The van der Waals surface area contributed by atoms with Crippen LogP contribution in [0.25, 0.3) is 0 Å². The van der Waals surface area contributed by atoms with Gasteiger partial charge >= 0.3 is 0 Å². The molecule has 2 heterocycles. The van der Waals surface area contributed by atoms with Crippen LogP contribution in [0.2, 0.25) is 5.02 Å². The summed E-state index contributed by atoms with van der Waals surface area (Å²) in [5.41, 5.74) is 1.32. The van der Waals surface area contributed by atoms with Crippen molar-refractivity contribution in [1.82, 2.24) is 15.6 Å². The van der Waals surface area contributed by atoms with E-state index in [4.69, 9.17) is 21.3 Å². The standard InChI is InChI=1S/C24H34ClN5O/c1-2-26-24(28-14-6-7-17-31-18-13-20-9-4-3-5-10-20)29-21-12-16-30(19-21)23-22(25)11-8-15-27-23/h3-5,8-11,15,21H,2,6-7,12-14,16-19H2,1H3,(H2,26,28,29). The maximum Gasteiger partial charge on any atom is 0.191 e. The normalized spacial score (nSPS) is 16.5. The van der Waals surface area contributed by atoms with Crippen molar-refractivity contribution in [1.29, 1.82) is 0 Å². The number of nitrogens with one attached hydrogen (secondary N) is 2. The molecule has 0 spiro atoms. The van der Waals surface area contributed by atoms with E-state index in [1.54, 1.807) is 6.20 Å². The molecular weight excluding hydrogens is 410 g/mol. The molecule has 0 bridgehead atoms. The maximum atomic E-state index is 6.30. The van der Waals surface area contributed by atoms with Crippen molar-refractivity contribution in [2.24, 2.45) is 4.99 Å². The monoisotopic (exact) mass is 443 g/mol. The molecule has 2 aromatic rings. The maximum absolute atomic E-state index is 6.30. The van der Waals surface area contributed by atoms with Gasteiger partial charge in [0.1, 0.15) is 5.82 Å². The first kappa shape index (κ1) is 23.4. The van der Waals surface area contributed by atoms with Crippen LogP contribution in [-0.4, -0.2) is 56.4 Å². The van der Waals surface area contributed by atoms with E-state index in [1.807, 2.05) is 18.2 Å². The molecule has 31 heavy (non-hydrogen) atoms. The summed E-state index contributed by atoms with van der Waals surface area (Å²) >= 11 is 6.30. The average Bonchev–Trinajstić information content (AvgIpc) is 3.25. The molecule has 3 rings (SSSR count). The van der Waals surface area contributed by atoms with Crippen molar-refractivity contribution >= 4 is 23.4 Å². The van der Waals surface area contributed by atoms with Gasteiger partial charge in [-0.25, -0.2) is 4.98 Å². The minimum Gasteiger partial charge on any atom is -0.381 e. The summed E-state index contributed by atoms with van der Waals surface area (Å²) in [7, 11) is 0. The molecule has 0 radical (unpaired) electrons. The van der Waals surface area contributed by atoms with Crippen LogP contribution >= 0.6 is 11.6 Å². The highest BCUT2D eigenvalue weighted by Crippen LogP contribution is 2.25. The highest BCUT2D eigenvalue weighted by molar-refractivity contribution is 6.32. The van der Waals surface area contributed by atoms with Gasteiger partial charge in [0.2, 0.25) is 0 Å². The molecule has 1 aliphatic heterocycles. The topological polar surface area (TPSA) is 61.8 Å². The lowest BCUT2D eigenvalue weighted by molar-refractivity contribution is 0.134. The zero-order chi connectivity index (χ0) is 21.7. The fraction of sp³-hybridized carbons (Fsp3) is 0.500. The molecule has 1 aliphatic rings. The highest BCUT2D eigenvalue weighted by atomic mass is 35.5. The molecule has 0 saturated carbocycles. The number of hydrogen-bond acceptors (Lipinski definition) is 4. The van der Waals surface area contributed by atoms with Crippen LogP contribution in [0.5, 0.6) is 0 Å². The summed E-state index contributed by atoms with van der Waals surface area (Å²) < 4.78 is 5.76. The molecule has 1 fully saturated rings. The zero-order valence-electron chi connectivity index (χ0n) is 18.4. The minimum atomic E-state index is 0.331. The number of hydrogen-bond donors (Lipinski definition) is 2. The molecule has 2 N–H and O–H groups in total. The van der Waals surface area contributed by atoms with Crippen LogP contribution < -0.4 is 15.5 Å². The van der Waals surface area contributed by atoms with E-state index < -0.39 is 0 Å². The van der Waals surface area contributed by atoms with Crippen molar-refractivity contribution in [2.45, 2.75) is 38.6 Å². The number of ether oxygens (including phenoxy) is 1. The predicted molar refractivity (Wildman–Crippen MR) is 129 cm³/mol. The third-order valence-electron chi connectivity index (χ3n) is 5.26. The van der Waals surface area contributed by atoms with Gasteiger partial charge in [0, 0.05) is 45.0 Å². The van der Waals surface area contributed by atoms with Gasteiger partial charge in [-0.1, -0.05) is 41.9 Å². The van der Waals surface area contributed by atoms with Crippen molar-refractivity contribution in [3.63, 3.8) is 0 Å². The summed E-state index contributed by atoms with van der Waals surface area (Å²) in [5.74, 6) is 1.74. The summed E-state index contributed by atoms with van der Waals surface area (Å²) in [5, 5.41) is 7.62. The number of pyridine rings is 1. The second-order valence-electron chi connectivity index (χ2n) is 7.70. The third-order valence-corrected chi connectivity index (χ3v) is 5.55. The molecule has 1 atom stereocenters. The molecule has 1 aromatic heterocycles. The van der Waals surface area contributed by atoms with Gasteiger partial charge in [0.15, 0.2) is 5.96 Å². The minimum absolute atomic E-state index is 0.331. The Bertz CT molecular complexity index is 802. The first-order valence-corrected chi connectivity index (χ1v) is 11.7. The Labute approximate surface area is 191 Å². The molecule has 7 heteroatoms.